The molecule has 6 rings (SSSR count). The van der Waals surface area contributed by atoms with Crippen molar-refractivity contribution in [2.75, 3.05) is 17.8 Å². The Bertz CT molecular complexity index is 1930. The minimum absolute atomic E-state index is 0.0975. The fraction of sp³-hybridized carbons (Fsp3) is 0.182. The number of piperidine rings is 1. The number of nitrogens with one attached hydrogen (secondary N) is 2. The van der Waals surface area contributed by atoms with E-state index in [9.17, 15) is 23.6 Å². The largest absolute Gasteiger partial charge is 0.494 e. The molecule has 0 spiro atoms. The lowest BCUT2D eigenvalue weighted by molar-refractivity contribution is -0.384. The van der Waals surface area contributed by atoms with E-state index < -0.39 is 14.9 Å². The van der Waals surface area contributed by atoms with E-state index in [1.807, 2.05) is 42.5 Å². The van der Waals surface area contributed by atoms with Crippen LogP contribution in [-0.4, -0.2) is 47.1 Å². The smallest absolute Gasteiger partial charge is 0.269 e. The van der Waals surface area contributed by atoms with Gasteiger partial charge in [-0.05, 0) is 74.0 Å². The number of aromatic hydroxyl groups is 1. The van der Waals surface area contributed by atoms with Crippen molar-refractivity contribution in [1.82, 2.24) is 9.88 Å². The van der Waals surface area contributed by atoms with Gasteiger partial charge in [0.1, 0.15) is 0 Å². The van der Waals surface area contributed by atoms with Gasteiger partial charge in [-0.3, -0.25) is 19.7 Å². The predicted molar refractivity (Wildman–Crippen MR) is 171 cm³/mol. The standard InChI is InChI=1S/C33H31N5O5S/c39-33-31(29-21-26(13-18-30(29)35-33)36-44(42,43)28-16-14-27(15-17-28)38(40)41)32(24-7-3-1-4-8-24)34-25-11-9-23(10-12-25)22-37-19-5-2-6-20-37/h1,3-4,7-18,21,35-36,39H,2,5-6,19-20,22H2. The van der Waals surface area contributed by atoms with Crippen LogP contribution in [0.1, 0.15) is 36.0 Å². The molecule has 1 aromatic heterocycles. The summed E-state index contributed by atoms with van der Waals surface area (Å²) in [7, 11) is -4.05. The van der Waals surface area contributed by atoms with Gasteiger partial charge in [-0.2, -0.15) is 0 Å². The quantitative estimate of drug-likeness (QED) is 0.0961. The first-order chi connectivity index (χ1) is 21.3. The molecule has 1 aliphatic rings. The number of aliphatic imine (C=N–C) groups is 1. The molecule has 5 aromatic rings. The van der Waals surface area contributed by atoms with Crippen molar-refractivity contribution in [1.29, 1.82) is 0 Å². The van der Waals surface area contributed by atoms with Gasteiger partial charge in [0.2, 0.25) is 0 Å². The Kier molecular flexibility index (Phi) is 8.14. The van der Waals surface area contributed by atoms with Crippen LogP contribution in [0.5, 0.6) is 5.88 Å². The Morgan fingerprint density at radius 3 is 2.32 bits per heavy atom. The van der Waals surface area contributed by atoms with Crippen molar-refractivity contribution >= 4 is 43.7 Å². The van der Waals surface area contributed by atoms with Crippen LogP contribution in [0.3, 0.4) is 0 Å². The minimum atomic E-state index is -4.05. The van der Waals surface area contributed by atoms with E-state index in [1.54, 1.807) is 18.2 Å². The van der Waals surface area contributed by atoms with Gasteiger partial charge in [0.15, 0.2) is 5.88 Å². The van der Waals surface area contributed by atoms with E-state index >= 15 is 0 Å². The number of nitro benzene ring substituents is 1. The molecule has 44 heavy (non-hydrogen) atoms. The van der Waals surface area contributed by atoms with E-state index in [2.05, 4.69) is 26.7 Å². The molecule has 0 radical (unpaired) electrons. The Balaban J connectivity index is 1.35. The number of benzene rings is 4. The fourth-order valence-corrected chi connectivity index (χ4v) is 6.53. The molecule has 1 saturated heterocycles. The molecule has 0 saturated carbocycles. The highest BCUT2D eigenvalue weighted by molar-refractivity contribution is 7.92. The first-order valence-electron chi connectivity index (χ1n) is 14.3. The number of nitrogens with zero attached hydrogens (tertiary/aromatic N) is 3. The zero-order valence-electron chi connectivity index (χ0n) is 23.8. The lowest BCUT2D eigenvalue weighted by Crippen LogP contribution is -2.28. The Morgan fingerprint density at radius 1 is 0.932 bits per heavy atom. The zero-order chi connectivity index (χ0) is 30.7. The third kappa shape index (κ3) is 6.34. The van der Waals surface area contributed by atoms with E-state index in [4.69, 9.17) is 4.99 Å². The molecule has 0 bridgehead atoms. The minimum Gasteiger partial charge on any atom is -0.494 e. The first-order valence-corrected chi connectivity index (χ1v) is 15.8. The number of nitro groups is 1. The summed E-state index contributed by atoms with van der Waals surface area (Å²) in [6.07, 6.45) is 3.76. The second-order valence-corrected chi connectivity index (χ2v) is 12.5. The molecule has 0 aliphatic carbocycles. The Labute approximate surface area is 254 Å². The van der Waals surface area contributed by atoms with Gasteiger partial charge in [-0.15, -0.1) is 0 Å². The number of rotatable bonds is 9. The number of hydrogen-bond acceptors (Lipinski definition) is 7. The number of hydrogen-bond donors (Lipinski definition) is 3. The molecule has 0 amide bonds. The Morgan fingerprint density at radius 2 is 1.64 bits per heavy atom. The van der Waals surface area contributed by atoms with Crippen LogP contribution < -0.4 is 4.72 Å². The summed E-state index contributed by atoms with van der Waals surface area (Å²) < 4.78 is 28.7. The van der Waals surface area contributed by atoms with E-state index in [-0.39, 0.29) is 22.2 Å². The summed E-state index contributed by atoms with van der Waals surface area (Å²) in [6, 6.07) is 27.1. The summed E-state index contributed by atoms with van der Waals surface area (Å²) in [6.45, 7) is 3.13. The van der Waals surface area contributed by atoms with Crippen LogP contribution >= 0.6 is 0 Å². The van der Waals surface area contributed by atoms with Crippen molar-refractivity contribution in [2.24, 2.45) is 4.99 Å². The maximum absolute atomic E-state index is 13.1. The number of anilines is 1. The zero-order valence-corrected chi connectivity index (χ0v) is 24.6. The van der Waals surface area contributed by atoms with Gasteiger partial charge in [0.25, 0.3) is 15.7 Å². The average Bonchev–Trinajstić information content (AvgIpc) is 3.36. The van der Waals surface area contributed by atoms with Gasteiger partial charge in [0.05, 0.1) is 26.8 Å². The van der Waals surface area contributed by atoms with Crippen LogP contribution in [0, 0.1) is 10.1 Å². The molecule has 10 nitrogen and oxygen atoms in total. The van der Waals surface area contributed by atoms with Crippen molar-refractivity contribution in [3.8, 4) is 5.88 Å². The van der Waals surface area contributed by atoms with Crippen molar-refractivity contribution in [3.63, 3.8) is 0 Å². The number of aromatic nitrogens is 1. The van der Waals surface area contributed by atoms with Gasteiger partial charge >= 0.3 is 0 Å². The summed E-state index contributed by atoms with van der Waals surface area (Å²) >= 11 is 0. The van der Waals surface area contributed by atoms with E-state index in [0.29, 0.717) is 22.2 Å². The van der Waals surface area contributed by atoms with Crippen LogP contribution in [0.4, 0.5) is 17.1 Å². The molecule has 1 aliphatic heterocycles. The molecule has 2 heterocycles. The lowest BCUT2D eigenvalue weighted by Gasteiger charge is -2.26. The monoisotopic (exact) mass is 609 g/mol. The molecule has 0 unspecified atom stereocenters. The molecular weight excluding hydrogens is 578 g/mol. The van der Waals surface area contributed by atoms with E-state index in [0.717, 1.165) is 43.0 Å². The normalized spacial score (nSPS) is 14.5. The third-order valence-electron chi connectivity index (χ3n) is 7.70. The number of fused-ring (bicyclic) bond motifs is 1. The Hall–Kier alpha value is -5.00. The van der Waals surface area contributed by atoms with Gasteiger partial charge < -0.3 is 10.1 Å². The summed E-state index contributed by atoms with van der Waals surface area (Å²) in [4.78, 5) is 20.7. The first kappa shape index (κ1) is 29.1. The number of H-pyrrole nitrogens is 1. The van der Waals surface area contributed by atoms with Crippen molar-refractivity contribution in [3.05, 3.63) is 124 Å². The van der Waals surface area contributed by atoms with Crippen LogP contribution in [-0.2, 0) is 16.6 Å². The fourth-order valence-electron chi connectivity index (χ4n) is 5.48. The van der Waals surface area contributed by atoms with Gasteiger partial charge in [0, 0.05) is 40.8 Å². The maximum Gasteiger partial charge on any atom is 0.269 e. The van der Waals surface area contributed by atoms with Crippen LogP contribution in [0.15, 0.2) is 107 Å². The summed E-state index contributed by atoms with van der Waals surface area (Å²) in [5, 5.41) is 22.7. The molecule has 0 atom stereocenters. The number of aromatic amines is 1. The van der Waals surface area contributed by atoms with Crippen molar-refractivity contribution in [2.45, 2.75) is 30.7 Å². The topological polar surface area (TPSA) is 141 Å². The van der Waals surface area contributed by atoms with Crippen molar-refractivity contribution < 1.29 is 18.4 Å². The second kappa shape index (κ2) is 12.3. The SMILES string of the molecule is O=[N+]([O-])c1ccc(S(=O)(=O)Nc2ccc3[nH]c(O)c(C(=Nc4ccc(CN5CCCCC5)cc4)c4ccccc4)c3c2)cc1. The van der Waals surface area contributed by atoms with E-state index in [1.165, 1.54) is 37.0 Å². The molecule has 4 aromatic carbocycles. The molecular formula is C33H31N5O5S. The second-order valence-electron chi connectivity index (χ2n) is 10.8. The average molecular weight is 610 g/mol. The predicted octanol–water partition coefficient (Wildman–Crippen LogP) is 6.74. The number of likely N-dealkylation sites (tertiary alicyclic amines) is 1. The van der Waals surface area contributed by atoms with Crippen LogP contribution in [0.25, 0.3) is 10.9 Å². The van der Waals surface area contributed by atoms with Gasteiger partial charge in [-0.25, -0.2) is 13.4 Å². The maximum atomic E-state index is 13.1. The summed E-state index contributed by atoms with van der Waals surface area (Å²) in [5.41, 5.74) is 4.30. The van der Waals surface area contributed by atoms with Crippen LogP contribution in [0.2, 0.25) is 0 Å². The number of non-ortho nitro benzene ring substituents is 1. The highest BCUT2D eigenvalue weighted by Gasteiger charge is 2.21. The summed E-state index contributed by atoms with van der Waals surface area (Å²) in [5.74, 6) is -0.0975. The molecule has 224 valence electrons. The highest BCUT2D eigenvalue weighted by Crippen LogP contribution is 2.34. The lowest BCUT2D eigenvalue weighted by atomic mass is 10.0. The third-order valence-corrected chi connectivity index (χ3v) is 9.10. The molecule has 11 heteroatoms. The molecule has 3 N–H and O–H groups in total. The highest BCUT2D eigenvalue weighted by atomic mass is 32.2. The van der Waals surface area contributed by atoms with Gasteiger partial charge in [-0.1, -0.05) is 48.9 Å². The number of sulfonamides is 1. The molecule has 1 fully saturated rings.